The molecule has 1 aromatic rings. The molecule has 0 aromatic carbocycles. The molecule has 1 rings (SSSR count). The van der Waals surface area contributed by atoms with Crippen LogP contribution < -0.4 is 5.32 Å². The molecule has 114 valence electrons. The number of rotatable bonds is 7. The maximum Gasteiger partial charge on any atom is 0.272 e. The Labute approximate surface area is 121 Å². The van der Waals surface area contributed by atoms with Crippen molar-refractivity contribution < 1.29 is 9.90 Å². The van der Waals surface area contributed by atoms with Gasteiger partial charge in [-0.2, -0.15) is 5.10 Å². The molecule has 5 heteroatoms. The summed E-state index contributed by atoms with van der Waals surface area (Å²) >= 11 is 0. The van der Waals surface area contributed by atoms with Crippen molar-refractivity contribution in [1.29, 1.82) is 0 Å². The second kappa shape index (κ2) is 7.43. The number of aromatic nitrogens is 2. The number of hydrogen-bond acceptors (Lipinski definition) is 3. The molecule has 2 unspecified atom stereocenters. The van der Waals surface area contributed by atoms with Gasteiger partial charge in [-0.3, -0.25) is 9.48 Å². The number of nitrogens with one attached hydrogen (secondary N) is 1. The molecular weight excluding hydrogens is 254 g/mol. The van der Waals surface area contributed by atoms with Crippen molar-refractivity contribution >= 4 is 5.91 Å². The van der Waals surface area contributed by atoms with Gasteiger partial charge in [0.1, 0.15) is 5.69 Å². The molecule has 0 spiro atoms. The first kappa shape index (κ1) is 16.7. The first-order valence-electron chi connectivity index (χ1n) is 7.42. The Hall–Kier alpha value is -1.36. The zero-order valence-electron chi connectivity index (χ0n) is 13.2. The lowest BCUT2D eigenvalue weighted by Crippen LogP contribution is -2.38. The number of aryl methyl sites for hydroxylation is 1. The Morgan fingerprint density at radius 1 is 1.40 bits per heavy atom. The number of aliphatic hydroxyl groups excluding tert-OH is 1. The maximum absolute atomic E-state index is 12.2. The lowest BCUT2D eigenvalue weighted by atomic mass is 10.1. The second-order valence-electron chi connectivity index (χ2n) is 5.51. The van der Waals surface area contributed by atoms with E-state index >= 15 is 0 Å². The van der Waals surface area contributed by atoms with Crippen LogP contribution in [0.25, 0.3) is 0 Å². The molecule has 1 heterocycles. The van der Waals surface area contributed by atoms with Crippen LogP contribution in [-0.2, 0) is 0 Å². The normalized spacial score (nSPS) is 14.3. The molecule has 0 aliphatic heterocycles. The van der Waals surface area contributed by atoms with E-state index < -0.39 is 0 Å². The van der Waals surface area contributed by atoms with Crippen molar-refractivity contribution in [2.45, 2.75) is 59.5 Å². The third-order valence-electron chi connectivity index (χ3n) is 3.94. The average molecular weight is 281 g/mol. The van der Waals surface area contributed by atoms with Crippen molar-refractivity contribution in [1.82, 2.24) is 15.1 Å². The summed E-state index contributed by atoms with van der Waals surface area (Å²) in [5.74, 6) is -0.147. The van der Waals surface area contributed by atoms with Gasteiger partial charge in [-0.05, 0) is 38.7 Å². The summed E-state index contributed by atoms with van der Waals surface area (Å²) < 4.78 is 1.94. The van der Waals surface area contributed by atoms with Gasteiger partial charge in [-0.1, -0.05) is 20.8 Å². The molecule has 1 aromatic heterocycles. The van der Waals surface area contributed by atoms with Gasteiger partial charge in [-0.25, -0.2) is 0 Å². The highest BCUT2D eigenvalue weighted by Crippen LogP contribution is 2.18. The van der Waals surface area contributed by atoms with E-state index in [9.17, 15) is 4.79 Å². The van der Waals surface area contributed by atoms with Crippen LogP contribution in [0.4, 0.5) is 0 Å². The summed E-state index contributed by atoms with van der Waals surface area (Å²) in [5.41, 5.74) is 1.46. The summed E-state index contributed by atoms with van der Waals surface area (Å²) in [7, 11) is 0. The average Bonchev–Trinajstić information content (AvgIpc) is 2.81. The summed E-state index contributed by atoms with van der Waals surface area (Å²) in [6.45, 7) is 10.1. The van der Waals surface area contributed by atoms with Crippen LogP contribution in [0, 0.1) is 12.8 Å². The highest BCUT2D eigenvalue weighted by atomic mass is 16.3. The Kier molecular flexibility index (Phi) is 6.20. The molecule has 0 aliphatic carbocycles. The first-order valence-corrected chi connectivity index (χ1v) is 7.42. The molecule has 0 bridgehead atoms. The van der Waals surface area contributed by atoms with Crippen LogP contribution in [0.2, 0.25) is 0 Å². The van der Waals surface area contributed by atoms with Crippen LogP contribution in [0.5, 0.6) is 0 Å². The van der Waals surface area contributed by atoms with Crippen LogP contribution >= 0.6 is 0 Å². The Balaban J connectivity index is 2.82. The van der Waals surface area contributed by atoms with Crippen molar-refractivity contribution in [3.8, 4) is 0 Å². The van der Waals surface area contributed by atoms with Gasteiger partial charge in [0, 0.05) is 18.3 Å². The van der Waals surface area contributed by atoms with Crippen molar-refractivity contribution in [3.63, 3.8) is 0 Å². The molecule has 0 fully saturated rings. The smallest absolute Gasteiger partial charge is 0.272 e. The van der Waals surface area contributed by atoms with E-state index in [-0.39, 0.29) is 24.5 Å². The predicted octanol–water partition coefficient (Wildman–Crippen LogP) is 2.30. The molecule has 5 nitrogen and oxygen atoms in total. The van der Waals surface area contributed by atoms with Gasteiger partial charge in [0.05, 0.1) is 6.04 Å². The van der Waals surface area contributed by atoms with E-state index in [1.54, 1.807) is 0 Å². The monoisotopic (exact) mass is 281 g/mol. The fourth-order valence-electron chi connectivity index (χ4n) is 2.18. The minimum Gasteiger partial charge on any atom is -0.396 e. The second-order valence-corrected chi connectivity index (χ2v) is 5.51. The third kappa shape index (κ3) is 3.82. The van der Waals surface area contributed by atoms with Gasteiger partial charge >= 0.3 is 0 Å². The molecule has 2 N–H and O–H groups in total. The fourth-order valence-corrected chi connectivity index (χ4v) is 2.18. The number of aliphatic hydroxyl groups is 1. The molecule has 0 saturated heterocycles. The Morgan fingerprint density at radius 3 is 2.50 bits per heavy atom. The topological polar surface area (TPSA) is 67.2 Å². The van der Waals surface area contributed by atoms with E-state index in [0.717, 1.165) is 18.5 Å². The molecule has 1 amide bonds. The summed E-state index contributed by atoms with van der Waals surface area (Å²) in [6, 6.07) is 2.08. The predicted molar refractivity (Wildman–Crippen MR) is 79.8 cm³/mol. The van der Waals surface area contributed by atoms with E-state index in [1.165, 1.54) is 0 Å². The number of carbonyl (C=O) groups excluding carboxylic acids is 1. The molecule has 0 aliphatic rings. The van der Waals surface area contributed by atoms with Crippen molar-refractivity contribution in [2.24, 2.45) is 5.92 Å². The van der Waals surface area contributed by atoms with Gasteiger partial charge in [0.2, 0.25) is 0 Å². The lowest BCUT2D eigenvalue weighted by molar-refractivity contribution is 0.0910. The summed E-state index contributed by atoms with van der Waals surface area (Å²) in [6.07, 6.45) is 2.00. The van der Waals surface area contributed by atoms with Crippen molar-refractivity contribution in [2.75, 3.05) is 6.61 Å². The van der Waals surface area contributed by atoms with Gasteiger partial charge < -0.3 is 10.4 Å². The molecular formula is C15H27N3O2. The first-order chi connectivity index (χ1) is 9.44. The molecule has 2 atom stereocenters. The minimum atomic E-state index is -0.175. The van der Waals surface area contributed by atoms with Crippen LogP contribution in [0.1, 0.15) is 62.8 Å². The Bertz CT molecular complexity index is 438. The lowest BCUT2D eigenvalue weighted by Gasteiger charge is -2.18. The Morgan fingerprint density at radius 2 is 2.00 bits per heavy atom. The van der Waals surface area contributed by atoms with Crippen molar-refractivity contribution in [3.05, 3.63) is 17.5 Å². The van der Waals surface area contributed by atoms with E-state index in [2.05, 4.69) is 24.3 Å². The maximum atomic E-state index is 12.2. The standard InChI is InChI=1S/C15H27N3O2/c1-6-13(7-2)18-11(4)8-14(17-18)15(20)16-12(5)10(3)9-19/h8,10,12-13,19H,6-7,9H2,1-5H3,(H,16,20). The highest BCUT2D eigenvalue weighted by molar-refractivity contribution is 5.92. The van der Waals surface area contributed by atoms with E-state index in [4.69, 9.17) is 5.11 Å². The quantitative estimate of drug-likeness (QED) is 0.806. The van der Waals surface area contributed by atoms with Gasteiger partial charge in [-0.15, -0.1) is 0 Å². The van der Waals surface area contributed by atoms with Gasteiger partial charge in [0.15, 0.2) is 0 Å². The number of hydrogen-bond donors (Lipinski definition) is 2. The third-order valence-corrected chi connectivity index (χ3v) is 3.94. The zero-order chi connectivity index (χ0) is 15.3. The van der Waals surface area contributed by atoms with Crippen LogP contribution in [0.3, 0.4) is 0 Å². The van der Waals surface area contributed by atoms with E-state index in [1.807, 2.05) is 31.5 Å². The summed E-state index contributed by atoms with van der Waals surface area (Å²) in [5, 5.41) is 16.4. The van der Waals surface area contributed by atoms with Gasteiger partial charge in [0.25, 0.3) is 5.91 Å². The largest absolute Gasteiger partial charge is 0.396 e. The van der Waals surface area contributed by atoms with Crippen LogP contribution in [-0.4, -0.2) is 33.4 Å². The number of carbonyl (C=O) groups is 1. The van der Waals surface area contributed by atoms with Crippen LogP contribution in [0.15, 0.2) is 6.07 Å². The molecule has 0 saturated carbocycles. The minimum absolute atomic E-state index is 0.0289. The highest BCUT2D eigenvalue weighted by Gasteiger charge is 2.19. The fraction of sp³-hybridized carbons (Fsp3) is 0.733. The number of amides is 1. The zero-order valence-corrected chi connectivity index (χ0v) is 13.2. The number of nitrogens with zero attached hydrogens (tertiary/aromatic N) is 2. The SMILES string of the molecule is CCC(CC)n1nc(C(=O)NC(C)C(C)CO)cc1C. The molecule has 20 heavy (non-hydrogen) atoms. The molecule has 0 radical (unpaired) electrons. The van der Waals surface area contributed by atoms with E-state index in [0.29, 0.717) is 11.7 Å². The summed E-state index contributed by atoms with van der Waals surface area (Å²) in [4.78, 5) is 12.2.